The Labute approximate surface area is 481 Å². The molecule has 8 aromatic rings. The Kier molecular flexibility index (Phi) is 20.0. The third-order valence-corrected chi connectivity index (χ3v) is 14.1. The maximum atomic E-state index is 14.7. The van der Waals surface area contributed by atoms with Crippen LogP contribution in [-0.4, -0.2) is 103 Å². The minimum absolute atomic E-state index is 0.00565. The van der Waals surface area contributed by atoms with Gasteiger partial charge in [0.1, 0.15) is 49.3 Å². The number of esters is 4. The molecule has 0 amide bonds. The molecule has 0 bridgehead atoms. The SMILES string of the molecule is O=C(OC[C@H]1O[C@@H](O[C@@H]2[C@@H](OCc3ccccc3)[C@H](OCc3ccccc3)[C@@H](OCc3ccccc3)[C@@H](O)[C@H]2OCc2ccccc2)[C@H](OC(=O)c2ccccc2)[C@@H](OC(=O)c2ccccc2)[C@@H]1OC(=O)c1ccccc1)c1ccccc1. The predicted octanol–water partition coefficient (Wildman–Crippen LogP) is 10.3. The molecule has 15 nitrogen and oxygen atoms in total. The lowest BCUT2D eigenvalue weighted by Crippen LogP contribution is -2.69. The van der Waals surface area contributed by atoms with Gasteiger partial charge in [-0.15, -0.1) is 0 Å². The van der Waals surface area contributed by atoms with E-state index >= 15 is 0 Å². The van der Waals surface area contributed by atoms with E-state index in [-0.39, 0.29) is 48.7 Å². The summed E-state index contributed by atoms with van der Waals surface area (Å²) in [6.07, 6.45) is -16.4. The van der Waals surface area contributed by atoms with Crippen LogP contribution in [0, 0.1) is 0 Å². The number of aliphatic hydroxyl groups excluding tert-OH is 1. The third-order valence-electron chi connectivity index (χ3n) is 14.1. The van der Waals surface area contributed by atoms with Gasteiger partial charge in [0.05, 0.1) is 48.7 Å². The summed E-state index contributed by atoms with van der Waals surface area (Å²) in [6.45, 7) is -0.574. The number of carbonyl (C=O) groups excluding carboxylic acids is 4. The molecular formula is C68H62O15. The largest absolute Gasteiger partial charge is 0.459 e. The van der Waals surface area contributed by atoms with Crippen LogP contribution in [0.1, 0.15) is 63.7 Å². The van der Waals surface area contributed by atoms with Crippen molar-refractivity contribution in [2.75, 3.05) is 6.61 Å². The molecule has 15 heteroatoms. The van der Waals surface area contributed by atoms with Crippen molar-refractivity contribution in [2.45, 2.75) is 93.8 Å². The maximum Gasteiger partial charge on any atom is 0.338 e. The fourth-order valence-corrected chi connectivity index (χ4v) is 9.92. The molecule has 11 atom stereocenters. The molecule has 1 saturated carbocycles. The molecule has 0 unspecified atom stereocenters. The minimum Gasteiger partial charge on any atom is -0.459 e. The van der Waals surface area contributed by atoms with Gasteiger partial charge in [-0.25, -0.2) is 19.2 Å². The van der Waals surface area contributed by atoms with E-state index in [0.29, 0.717) is 0 Å². The second-order valence-electron chi connectivity index (χ2n) is 19.9. The second-order valence-corrected chi connectivity index (χ2v) is 19.9. The molecule has 1 saturated heterocycles. The van der Waals surface area contributed by atoms with Crippen LogP contribution in [0.25, 0.3) is 0 Å². The molecule has 1 aliphatic heterocycles. The smallest absolute Gasteiger partial charge is 0.338 e. The molecule has 10 rings (SSSR count). The highest BCUT2D eigenvalue weighted by Crippen LogP contribution is 2.39. The van der Waals surface area contributed by atoms with Crippen LogP contribution in [0.3, 0.4) is 0 Å². The van der Waals surface area contributed by atoms with Crippen molar-refractivity contribution in [1.29, 1.82) is 0 Å². The number of aliphatic hydroxyl groups is 1. The van der Waals surface area contributed by atoms with Gasteiger partial charge in [-0.1, -0.05) is 194 Å². The first-order chi connectivity index (χ1) is 40.8. The Hall–Kier alpha value is -8.64. The number of hydrogen-bond donors (Lipinski definition) is 1. The van der Waals surface area contributed by atoms with Crippen LogP contribution in [0.15, 0.2) is 243 Å². The van der Waals surface area contributed by atoms with E-state index in [4.69, 9.17) is 47.4 Å². The monoisotopic (exact) mass is 1120 g/mol. The summed E-state index contributed by atoms with van der Waals surface area (Å²) in [6, 6.07) is 70.2. The molecule has 0 aromatic heterocycles. The Morgan fingerprint density at radius 2 is 0.614 bits per heavy atom. The van der Waals surface area contributed by atoms with Crippen molar-refractivity contribution in [3.8, 4) is 0 Å². The lowest BCUT2D eigenvalue weighted by atomic mass is 9.83. The van der Waals surface area contributed by atoms with E-state index in [2.05, 4.69) is 0 Å². The van der Waals surface area contributed by atoms with E-state index < -0.39 is 97.8 Å². The quantitative estimate of drug-likeness (QED) is 0.0472. The molecule has 83 heavy (non-hydrogen) atoms. The molecule has 1 heterocycles. The van der Waals surface area contributed by atoms with Gasteiger partial charge in [-0.3, -0.25) is 0 Å². The highest BCUT2D eigenvalue weighted by Gasteiger charge is 2.59. The third kappa shape index (κ3) is 15.3. The maximum absolute atomic E-state index is 14.7. The van der Waals surface area contributed by atoms with E-state index in [0.717, 1.165) is 22.3 Å². The minimum atomic E-state index is -1.83. The van der Waals surface area contributed by atoms with E-state index in [1.807, 2.05) is 121 Å². The lowest BCUT2D eigenvalue weighted by Gasteiger charge is -2.51. The van der Waals surface area contributed by atoms with E-state index in [1.54, 1.807) is 84.9 Å². The molecule has 2 fully saturated rings. The van der Waals surface area contributed by atoms with Crippen LogP contribution >= 0.6 is 0 Å². The molecular weight excluding hydrogens is 1060 g/mol. The van der Waals surface area contributed by atoms with Gasteiger partial charge >= 0.3 is 23.9 Å². The topological polar surface area (TPSA) is 181 Å². The summed E-state index contributed by atoms with van der Waals surface area (Å²) in [5.74, 6) is -3.42. The van der Waals surface area contributed by atoms with Gasteiger partial charge in [-0.05, 0) is 70.8 Å². The number of benzene rings is 8. The van der Waals surface area contributed by atoms with Gasteiger partial charge in [0.2, 0.25) is 0 Å². The normalized spacial score (nSPS) is 23.0. The van der Waals surface area contributed by atoms with Gasteiger partial charge in [-0.2, -0.15) is 0 Å². The fourth-order valence-electron chi connectivity index (χ4n) is 9.92. The van der Waals surface area contributed by atoms with Crippen molar-refractivity contribution < 1.29 is 71.7 Å². The standard InChI is InChI=1S/C68H62O15/c69-55-57(74-41-46-25-9-1-10-26-46)59(76-43-48-29-13-3-14-30-48)60(77-44-49-31-15-4-16-32-49)62(58(55)75-42-47-27-11-2-12-28-47)83-68-63(82-67(73)53-39-23-8-24-40-53)61(81-66(72)52-37-21-7-22-38-52)56(80-65(71)51-35-19-6-20-36-51)54(79-68)45-78-64(70)50-33-17-5-18-34-50/h1-40,54-63,68-69H,41-45H2/t54-,55-,56-,57+,58-,59-,60+,61+,62+,63-,68+/m1/s1. The summed E-state index contributed by atoms with van der Waals surface area (Å²) in [4.78, 5) is 57.6. The van der Waals surface area contributed by atoms with Crippen molar-refractivity contribution in [3.05, 3.63) is 287 Å². The molecule has 0 spiro atoms. The summed E-state index contributed by atoms with van der Waals surface area (Å²) >= 11 is 0. The zero-order valence-corrected chi connectivity index (χ0v) is 45.1. The summed E-state index contributed by atoms with van der Waals surface area (Å²) < 4.78 is 67.0. The average molecular weight is 1120 g/mol. The van der Waals surface area contributed by atoms with Crippen molar-refractivity contribution >= 4 is 23.9 Å². The number of ether oxygens (including phenoxy) is 10. The number of hydrogen-bond acceptors (Lipinski definition) is 15. The molecule has 2 aliphatic rings. The van der Waals surface area contributed by atoms with Gasteiger partial charge in [0, 0.05) is 0 Å². The zero-order chi connectivity index (χ0) is 57.2. The van der Waals surface area contributed by atoms with Gasteiger partial charge in [0.25, 0.3) is 0 Å². The number of rotatable bonds is 23. The first-order valence-electron chi connectivity index (χ1n) is 27.4. The van der Waals surface area contributed by atoms with Crippen LogP contribution in [-0.2, 0) is 73.8 Å². The summed E-state index contributed by atoms with van der Waals surface area (Å²) in [7, 11) is 0. The zero-order valence-electron chi connectivity index (χ0n) is 45.1. The first kappa shape index (κ1) is 57.6. The second kappa shape index (κ2) is 28.9. The van der Waals surface area contributed by atoms with Crippen LogP contribution in [0.5, 0.6) is 0 Å². The van der Waals surface area contributed by atoms with Gasteiger partial charge < -0.3 is 52.5 Å². The molecule has 1 N–H and O–H groups in total. The highest BCUT2D eigenvalue weighted by molar-refractivity contribution is 5.91. The van der Waals surface area contributed by atoms with Gasteiger partial charge in [0.15, 0.2) is 24.6 Å². The Morgan fingerprint density at radius 1 is 0.325 bits per heavy atom. The fraction of sp³-hybridized carbons (Fsp3) is 0.235. The van der Waals surface area contributed by atoms with Crippen molar-refractivity contribution in [2.24, 2.45) is 0 Å². The number of carbonyl (C=O) groups is 4. The Morgan fingerprint density at radius 3 is 0.988 bits per heavy atom. The molecule has 0 radical (unpaired) electrons. The summed E-state index contributed by atoms with van der Waals surface area (Å²) in [5.41, 5.74) is 3.69. The van der Waals surface area contributed by atoms with E-state index in [9.17, 15) is 24.3 Å². The van der Waals surface area contributed by atoms with E-state index in [1.165, 1.54) is 36.4 Å². The molecule has 8 aromatic carbocycles. The Balaban J connectivity index is 1.12. The van der Waals surface area contributed by atoms with Crippen LogP contribution in [0.4, 0.5) is 0 Å². The molecule has 424 valence electrons. The predicted molar refractivity (Wildman–Crippen MR) is 303 cm³/mol. The highest BCUT2D eigenvalue weighted by atomic mass is 16.7. The molecule has 1 aliphatic carbocycles. The first-order valence-corrected chi connectivity index (χ1v) is 27.4. The van der Waals surface area contributed by atoms with Crippen molar-refractivity contribution in [1.82, 2.24) is 0 Å². The average Bonchev–Trinajstić information content (AvgIpc) is 3.70. The summed E-state index contributed by atoms with van der Waals surface area (Å²) in [5, 5.41) is 13.1. The van der Waals surface area contributed by atoms with Crippen LogP contribution in [0.2, 0.25) is 0 Å². The Bertz CT molecular complexity index is 3270. The lowest BCUT2D eigenvalue weighted by molar-refractivity contribution is -0.348. The van der Waals surface area contributed by atoms with Crippen LogP contribution < -0.4 is 0 Å². The van der Waals surface area contributed by atoms with Crippen molar-refractivity contribution in [3.63, 3.8) is 0 Å².